The lowest BCUT2D eigenvalue weighted by Gasteiger charge is -2.43. The van der Waals surface area contributed by atoms with E-state index < -0.39 is 156 Å². The third kappa shape index (κ3) is 9.62. The standard InChI is InChI=1S/C42H46O23/c1-14-27(48)31(52)34(55)40(59-14)58-13-24-38(64-25(47)8-5-16-3-6-18(43)7-4-16)33(54)36(57)42(63-24)65-39-30(51)26-20(44)11-19(61-41-35(56)32(53)28(49)15(2)60-41)12-23(26)62-37(39)17-9-21(45)29(50)22(46)10-17/h3-12,14-15,24,27-28,31-36,38,40-46,48-50,52-57H,13H2,1-2H3/b8-5+/t14-,15+,24+,27+,28+,31+,32+,33-,34+,35-,36+,38+,40-,41+,42+/m1/s1. The van der Waals surface area contributed by atoms with Gasteiger partial charge in [-0.05, 0) is 49.8 Å². The first kappa shape index (κ1) is 47.2. The third-order valence-corrected chi connectivity index (χ3v) is 11.0. The number of phenolic OH excluding ortho intramolecular Hbond substituents is 5. The van der Waals surface area contributed by atoms with Crippen molar-refractivity contribution >= 4 is 23.0 Å². The van der Waals surface area contributed by atoms with Crippen LogP contribution in [0.2, 0.25) is 0 Å². The number of aliphatic hydroxyl groups excluding tert-OH is 8. The molecule has 0 spiro atoms. The Kier molecular flexibility index (Phi) is 13.8. The second-order valence-corrected chi connectivity index (χ2v) is 15.6. The Bertz CT molecular complexity index is 2420. The van der Waals surface area contributed by atoms with Crippen LogP contribution in [0.1, 0.15) is 19.4 Å². The van der Waals surface area contributed by atoms with Gasteiger partial charge in [-0.3, -0.25) is 4.79 Å². The predicted octanol–water partition coefficient (Wildman–Crippen LogP) is -1.51. The van der Waals surface area contributed by atoms with E-state index in [9.17, 15) is 76.0 Å². The van der Waals surface area contributed by atoms with E-state index in [2.05, 4.69) is 0 Å². The number of ether oxygens (including phenoxy) is 7. The van der Waals surface area contributed by atoms with Crippen molar-refractivity contribution in [2.24, 2.45) is 0 Å². The van der Waals surface area contributed by atoms with E-state index >= 15 is 0 Å². The van der Waals surface area contributed by atoms with E-state index in [0.29, 0.717) is 5.56 Å². The number of hydrogen-bond donors (Lipinski definition) is 13. The average Bonchev–Trinajstić information content (AvgIpc) is 3.26. The molecule has 3 fully saturated rings. The summed E-state index contributed by atoms with van der Waals surface area (Å²) in [5.74, 6) is -6.67. The number of carbonyl (C=O) groups is 1. The molecule has 0 unspecified atom stereocenters. The summed E-state index contributed by atoms with van der Waals surface area (Å²) in [5, 5.41) is 136. The molecule has 23 nitrogen and oxygen atoms in total. The zero-order valence-corrected chi connectivity index (χ0v) is 34.0. The molecular weight excluding hydrogens is 872 g/mol. The summed E-state index contributed by atoms with van der Waals surface area (Å²) in [5.41, 5.74) is -1.61. The van der Waals surface area contributed by atoms with Gasteiger partial charge in [-0.1, -0.05) is 12.1 Å². The number of aliphatic hydroxyl groups is 8. The number of hydrogen-bond acceptors (Lipinski definition) is 23. The van der Waals surface area contributed by atoms with Crippen LogP contribution in [0.5, 0.6) is 40.2 Å². The van der Waals surface area contributed by atoms with Crippen LogP contribution in [0.4, 0.5) is 0 Å². The van der Waals surface area contributed by atoms with Gasteiger partial charge in [0.25, 0.3) is 0 Å². The Hall–Kier alpha value is -5.80. The Morgan fingerprint density at radius 2 is 1.23 bits per heavy atom. The number of carbonyl (C=O) groups excluding carboxylic acids is 1. The summed E-state index contributed by atoms with van der Waals surface area (Å²) in [6.07, 6.45) is -23.1. The van der Waals surface area contributed by atoms with E-state index in [4.69, 9.17) is 37.6 Å². The maximum absolute atomic E-state index is 14.4. The van der Waals surface area contributed by atoms with E-state index in [-0.39, 0.29) is 17.1 Å². The summed E-state index contributed by atoms with van der Waals surface area (Å²) < 4.78 is 45.5. The van der Waals surface area contributed by atoms with Crippen molar-refractivity contribution in [1.82, 2.24) is 0 Å². The molecular formula is C42H46O23. The van der Waals surface area contributed by atoms with Gasteiger partial charge in [-0.15, -0.1) is 0 Å². The van der Waals surface area contributed by atoms with Crippen LogP contribution < -0.4 is 14.9 Å². The zero-order valence-electron chi connectivity index (χ0n) is 34.0. The summed E-state index contributed by atoms with van der Waals surface area (Å²) in [7, 11) is 0. The fraction of sp³-hybridized carbons (Fsp3) is 0.429. The molecule has 13 N–H and O–H groups in total. The molecule has 0 aliphatic carbocycles. The first-order valence-electron chi connectivity index (χ1n) is 19.9. The number of esters is 1. The minimum absolute atomic E-state index is 0.0422. The molecule has 1 aromatic heterocycles. The highest BCUT2D eigenvalue weighted by Crippen LogP contribution is 2.43. The van der Waals surface area contributed by atoms with E-state index in [1.165, 1.54) is 44.2 Å². The minimum atomic E-state index is -2.20. The number of fused-ring (bicyclic) bond motifs is 1. The first-order valence-corrected chi connectivity index (χ1v) is 19.9. The molecule has 15 atom stereocenters. The maximum Gasteiger partial charge on any atom is 0.331 e. The third-order valence-electron chi connectivity index (χ3n) is 11.0. The van der Waals surface area contributed by atoms with Gasteiger partial charge in [0, 0.05) is 23.8 Å². The second kappa shape index (κ2) is 19.0. The Morgan fingerprint density at radius 1 is 0.662 bits per heavy atom. The number of benzene rings is 3. The van der Waals surface area contributed by atoms with E-state index in [1.54, 1.807) is 0 Å². The highest BCUT2D eigenvalue weighted by Gasteiger charge is 2.50. The topological polar surface area (TPSA) is 375 Å². The van der Waals surface area contributed by atoms with Crippen molar-refractivity contribution in [3.8, 4) is 51.6 Å². The van der Waals surface area contributed by atoms with Gasteiger partial charge in [0.1, 0.15) is 83.2 Å². The van der Waals surface area contributed by atoms with Crippen molar-refractivity contribution in [1.29, 1.82) is 0 Å². The summed E-state index contributed by atoms with van der Waals surface area (Å²) >= 11 is 0. The highest BCUT2D eigenvalue weighted by atomic mass is 16.7. The van der Waals surface area contributed by atoms with Crippen LogP contribution in [0.15, 0.2) is 63.8 Å². The van der Waals surface area contributed by atoms with Gasteiger partial charge < -0.3 is 104 Å². The molecule has 3 aliphatic rings. The van der Waals surface area contributed by atoms with Gasteiger partial charge in [-0.2, -0.15) is 0 Å². The second-order valence-electron chi connectivity index (χ2n) is 15.6. The van der Waals surface area contributed by atoms with Crippen molar-refractivity contribution < 1.29 is 109 Å². The normalized spacial score (nSPS) is 32.9. The van der Waals surface area contributed by atoms with Crippen molar-refractivity contribution in [3.05, 3.63) is 70.4 Å². The molecule has 3 aromatic carbocycles. The molecule has 0 bridgehead atoms. The highest BCUT2D eigenvalue weighted by molar-refractivity contribution is 5.89. The first-order chi connectivity index (χ1) is 30.7. The predicted molar refractivity (Wildman–Crippen MR) is 214 cm³/mol. The molecule has 7 rings (SSSR count). The molecule has 0 amide bonds. The monoisotopic (exact) mass is 918 g/mol. The van der Waals surface area contributed by atoms with E-state index in [1.807, 2.05) is 0 Å². The smallest absolute Gasteiger partial charge is 0.331 e. The number of rotatable bonds is 11. The molecule has 4 aromatic rings. The Labute approximate surface area is 365 Å². The van der Waals surface area contributed by atoms with Crippen molar-refractivity contribution in [3.63, 3.8) is 0 Å². The lowest BCUT2D eigenvalue weighted by Crippen LogP contribution is -2.62. The van der Waals surface area contributed by atoms with Crippen LogP contribution >= 0.6 is 0 Å². The number of phenols is 5. The van der Waals surface area contributed by atoms with Crippen molar-refractivity contribution in [2.75, 3.05) is 6.61 Å². The Morgan fingerprint density at radius 3 is 1.86 bits per heavy atom. The molecule has 3 saturated heterocycles. The van der Waals surface area contributed by atoms with Crippen LogP contribution in [0.3, 0.4) is 0 Å². The molecule has 0 saturated carbocycles. The van der Waals surface area contributed by atoms with Gasteiger partial charge >= 0.3 is 5.97 Å². The largest absolute Gasteiger partial charge is 0.508 e. The summed E-state index contributed by atoms with van der Waals surface area (Å²) in [6, 6.07) is 9.27. The van der Waals surface area contributed by atoms with Gasteiger partial charge in [0.2, 0.25) is 23.8 Å². The molecule has 65 heavy (non-hydrogen) atoms. The maximum atomic E-state index is 14.4. The summed E-state index contributed by atoms with van der Waals surface area (Å²) in [4.78, 5) is 27.5. The van der Waals surface area contributed by atoms with Crippen LogP contribution in [0, 0.1) is 0 Å². The zero-order chi connectivity index (χ0) is 47.2. The van der Waals surface area contributed by atoms with Gasteiger partial charge in [0.15, 0.2) is 35.4 Å². The SMILES string of the molecule is C[C@@H]1O[C@@H](Oc2cc(O)c3c(=O)c(O[C@@H]4O[C@@H](CO[C@@H]5O[C@H](C)[C@H](O)[C@H](O)[C@@H]5O)[C@H](OC(=O)/C=C/c5ccc(O)cc5)[C@H](O)[C@@H]4O)c(-c4cc(O)c(O)c(O)c4)oc3c2)[C@H](O)[C@@H](O)[C@H]1O. The fourth-order valence-electron chi connectivity index (χ4n) is 7.27. The van der Waals surface area contributed by atoms with Crippen molar-refractivity contribution in [2.45, 2.75) is 106 Å². The van der Waals surface area contributed by atoms with Crippen LogP contribution in [-0.4, -0.2) is 171 Å². The number of aromatic hydroxyl groups is 5. The van der Waals surface area contributed by atoms with Crippen LogP contribution in [0.25, 0.3) is 28.4 Å². The molecule has 352 valence electrons. The molecule has 4 heterocycles. The molecule has 3 aliphatic heterocycles. The summed E-state index contributed by atoms with van der Waals surface area (Å²) in [6.45, 7) is 2.00. The quantitative estimate of drug-likeness (QED) is 0.0462. The fourth-order valence-corrected chi connectivity index (χ4v) is 7.27. The van der Waals surface area contributed by atoms with Crippen LogP contribution in [-0.2, 0) is 28.5 Å². The Balaban J connectivity index is 1.24. The van der Waals surface area contributed by atoms with Gasteiger partial charge in [0.05, 0.1) is 18.8 Å². The van der Waals surface area contributed by atoms with Gasteiger partial charge in [-0.25, -0.2) is 4.79 Å². The van der Waals surface area contributed by atoms with E-state index in [0.717, 1.165) is 30.3 Å². The average molecular weight is 919 g/mol. The lowest BCUT2D eigenvalue weighted by molar-refractivity contribution is -0.319. The lowest BCUT2D eigenvalue weighted by atomic mass is 9.98. The molecule has 0 radical (unpaired) electrons. The minimum Gasteiger partial charge on any atom is -0.508 e. The molecule has 23 heteroatoms.